The van der Waals surface area contributed by atoms with Crippen molar-refractivity contribution in [2.45, 2.75) is 30.9 Å². The summed E-state index contributed by atoms with van der Waals surface area (Å²) in [7, 11) is 0. The maximum Gasteiger partial charge on any atom is 0.352 e. The number of nitrogens with zero attached hydrogens (tertiary/aromatic N) is 5. The molecule has 0 radical (unpaired) electrons. The fourth-order valence-electron chi connectivity index (χ4n) is 4.18. The number of thiazole rings is 1. The standard InChI is InChI=1S/C25H31N11O8S2/c1-25(2,23(42)43)44-34-13(11-8-46-24(29)31-11)19(38)33-15-20(39)36-16(22(40)41)10(7-45-21(15)36)4-3-5-35-9-30-17(27)14(18(35)28)32-12(37)6-26/h3-4,8,15,21H,5-7,9,26,28H2,1-2H3,(H2,27,30)(H2,29,31)(H,32,37)(H,33,38)(H,40,41)(H,42,43)/b4-3+,34-13-/t15-,21?/m1/s1. The van der Waals surface area contributed by atoms with E-state index in [0.717, 1.165) is 16.2 Å². The zero-order valence-corrected chi connectivity index (χ0v) is 26.1. The van der Waals surface area contributed by atoms with Crippen LogP contribution in [0.1, 0.15) is 19.5 Å². The fourth-order valence-corrected chi connectivity index (χ4v) is 6.05. The highest BCUT2D eigenvalue weighted by molar-refractivity contribution is 8.00. The predicted molar refractivity (Wildman–Crippen MR) is 166 cm³/mol. The van der Waals surface area contributed by atoms with Gasteiger partial charge in [-0.25, -0.2) is 19.6 Å². The summed E-state index contributed by atoms with van der Waals surface area (Å²) in [6, 6.07) is -1.13. The van der Waals surface area contributed by atoms with Crippen LogP contribution >= 0.6 is 23.1 Å². The third kappa shape index (κ3) is 6.89. The lowest BCUT2D eigenvalue weighted by molar-refractivity contribution is -0.161. The van der Waals surface area contributed by atoms with Gasteiger partial charge in [-0.3, -0.25) is 19.3 Å². The van der Waals surface area contributed by atoms with Gasteiger partial charge in [0.05, 0.1) is 6.54 Å². The Morgan fingerprint density at radius 3 is 2.57 bits per heavy atom. The molecule has 3 aliphatic rings. The number of allylic oxidation sites excluding steroid dienone is 1. The number of amidine groups is 1. The van der Waals surface area contributed by atoms with Crippen LogP contribution in [-0.2, 0) is 28.8 Å². The van der Waals surface area contributed by atoms with E-state index in [-0.39, 0.29) is 59.4 Å². The summed E-state index contributed by atoms with van der Waals surface area (Å²) in [5, 5.41) is 28.8. The minimum absolute atomic E-state index is 0.00824. The molecule has 1 fully saturated rings. The van der Waals surface area contributed by atoms with Crippen molar-refractivity contribution in [2.75, 3.05) is 31.2 Å². The molecular formula is C25H31N11O8S2. The molecule has 0 spiro atoms. The molecule has 0 aromatic carbocycles. The van der Waals surface area contributed by atoms with Crippen molar-refractivity contribution in [1.29, 1.82) is 0 Å². The number of β-lactam (4-membered cyclic amide) rings is 1. The van der Waals surface area contributed by atoms with Crippen LogP contribution < -0.4 is 33.6 Å². The molecule has 246 valence electrons. The van der Waals surface area contributed by atoms with Crippen LogP contribution in [0.15, 0.2) is 50.5 Å². The number of carbonyl (C=O) groups is 5. The molecule has 1 aromatic heterocycles. The first kappa shape index (κ1) is 33.7. The zero-order valence-electron chi connectivity index (χ0n) is 24.4. The average Bonchev–Trinajstić information content (AvgIpc) is 3.43. The highest BCUT2D eigenvalue weighted by Crippen LogP contribution is 2.40. The highest BCUT2D eigenvalue weighted by Gasteiger charge is 2.54. The van der Waals surface area contributed by atoms with Crippen LogP contribution in [0.4, 0.5) is 5.13 Å². The van der Waals surface area contributed by atoms with Crippen LogP contribution in [0, 0.1) is 0 Å². The second-order valence-corrected chi connectivity index (χ2v) is 12.3. The molecule has 3 aliphatic heterocycles. The van der Waals surface area contributed by atoms with Crippen molar-refractivity contribution >= 4 is 69.4 Å². The topological polar surface area (TPSA) is 307 Å². The lowest BCUT2D eigenvalue weighted by Gasteiger charge is -2.49. The lowest BCUT2D eigenvalue weighted by atomic mass is 10.0. The molecule has 0 aliphatic carbocycles. The monoisotopic (exact) mass is 677 g/mol. The number of hydrogen-bond acceptors (Lipinski definition) is 16. The maximum absolute atomic E-state index is 13.3. The summed E-state index contributed by atoms with van der Waals surface area (Å²) < 4.78 is 0. The van der Waals surface area contributed by atoms with Gasteiger partial charge in [0.2, 0.25) is 11.5 Å². The zero-order chi connectivity index (χ0) is 33.9. The van der Waals surface area contributed by atoms with Gasteiger partial charge in [0.1, 0.15) is 46.8 Å². The first-order valence-electron chi connectivity index (χ1n) is 13.3. The molecular weight excluding hydrogens is 646 g/mol. The number of carboxylic acids is 2. The first-order valence-corrected chi connectivity index (χ1v) is 15.2. The van der Waals surface area contributed by atoms with Crippen molar-refractivity contribution in [1.82, 2.24) is 25.4 Å². The van der Waals surface area contributed by atoms with E-state index in [2.05, 4.69) is 25.8 Å². The summed E-state index contributed by atoms with van der Waals surface area (Å²) in [5.74, 6) is -4.46. The Morgan fingerprint density at radius 1 is 1.24 bits per heavy atom. The van der Waals surface area contributed by atoms with Crippen molar-refractivity contribution in [2.24, 2.45) is 27.3 Å². The number of aliphatic carboxylic acids is 2. The van der Waals surface area contributed by atoms with E-state index < -0.39 is 52.4 Å². The molecule has 1 aromatic rings. The van der Waals surface area contributed by atoms with Crippen molar-refractivity contribution in [3.05, 3.63) is 46.0 Å². The number of nitrogens with two attached hydrogens (primary N) is 4. The van der Waals surface area contributed by atoms with Crippen molar-refractivity contribution in [3.63, 3.8) is 0 Å². The van der Waals surface area contributed by atoms with Gasteiger partial charge in [-0.2, -0.15) is 0 Å². The van der Waals surface area contributed by atoms with Gasteiger partial charge in [-0.15, -0.1) is 23.1 Å². The van der Waals surface area contributed by atoms with E-state index in [1.807, 2.05) is 0 Å². The van der Waals surface area contributed by atoms with Gasteiger partial charge < -0.3 is 53.5 Å². The third-order valence-electron chi connectivity index (χ3n) is 6.71. The van der Waals surface area contributed by atoms with Gasteiger partial charge in [0.15, 0.2) is 10.8 Å². The number of amides is 3. The maximum atomic E-state index is 13.3. The summed E-state index contributed by atoms with van der Waals surface area (Å²) >= 11 is 2.22. The Bertz CT molecular complexity index is 1630. The van der Waals surface area contributed by atoms with Crippen LogP contribution in [-0.4, -0.2) is 109 Å². The van der Waals surface area contributed by atoms with E-state index in [1.54, 1.807) is 11.0 Å². The molecule has 3 amide bonds. The van der Waals surface area contributed by atoms with Crippen molar-refractivity contribution < 1.29 is 39.0 Å². The molecule has 21 heteroatoms. The second-order valence-electron chi connectivity index (χ2n) is 10.3. The van der Waals surface area contributed by atoms with Crippen LogP contribution in [0.25, 0.3) is 0 Å². The van der Waals surface area contributed by atoms with E-state index >= 15 is 0 Å². The van der Waals surface area contributed by atoms with E-state index in [4.69, 9.17) is 27.8 Å². The summed E-state index contributed by atoms with van der Waals surface area (Å²) in [4.78, 5) is 77.8. The van der Waals surface area contributed by atoms with Gasteiger partial charge in [0.25, 0.3) is 11.8 Å². The number of aromatic nitrogens is 1. The van der Waals surface area contributed by atoms with E-state index in [9.17, 15) is 34.2 Å². The Hall–Kier alpha value is -5.15. The Labute approximate surface area is 269 Å². The normalized spacial score (nSPS) is 20.3. The average molecular weight is 678 g/mol. The van der Waals surface area contributed by atoms with Gasteiger partial charge in [0, 0.05) is 17.7 Å². The van der Waals surface area contributed by atoms with E-state index in [1.165, 1.54) is 37.1 Å². The smallest absolute Gasteiger partial charge is 0.352 e. The molecule has 2 atom stereocenters. The number of carbonyl (C=O) groups excluding carboxylic acids is 3. The number of oxime groups is 1. The number of thioether (sulfide) groups is 1. The quantitative estimate of drug-likeness (QED) is 0.0641. The molecule has 4 rings (SSSR count). The van der Waals surface area contributed by atoms with Gasteiger partial charge >= 0.3 is 11.9 Å². The number of hydrogen-bond donors (Lipinski definition) is 8. The van der Waals surface area contributed by atoms with Crippen LogP contribution in [0.5, 0.6) is 0 Å². The highest BCUT2D eigenvalue weighted by atomic mass is 32.2. The van der Waals surface area contributed by atoms with Crippen LogP contribution in [0.3, 0.4) is 0 Å². The number of nitrogen functional groups attached to an aromatic ring is 1. The fraction of sp³-hybridized carbons (Fsp3) is 0.360. The number of anilines is 1. The van der Waals surface area contributed by atoms with Crippen molar-refractivity contribution in [3.8, 4) is 0 Å². The second kappa shape index (κ2) is 13.5. The number of fused-ring (bicyclic) bond motifs is 1. The SMILES string of the molecule is CC(C)(O/N=C(\C(=O)N[C@@H]1C(=O)N2C(C(=O)O)=C(/C=C/CN3CN=C(N)C(NC(=O)CN)=C3N)CSC12)c1csc(N)n1)C(=O)O. The first-order chi connectivity index (χ1) is 21.7. The largest absolute Gasteiger partial charge is 0.478 e. The predicted octanol–water partition coefficient (Wildman–Crippen LogP) is -2.56. The Kier molecular flexibility index (Phi) is 9.87. The minimum Gasteiger partial charge on any atom is -0.478 e. The molecule has 46 heavy (non-hydrogen) atoms. The number of carboxylic acid groups (broad SMARTS) is 2. The Balaban J connectivity index is 1.49. The number of aliphatic imine (C=N–C) groups is 1. The molecule has 19 nitrogen and oxygen atoms in total. The Morgan fingerprint density at radius 2 is 1.96 bits per heavy atom. The molecule has 0 saturated carbocycles. The van der Waals surface area contributed by atoms with Crippen LogP contribution in [0.2, 0.25) is 0 Å². The summed E-state index contributed by atoms with van der Waals surface area (Å²) in [5.41, 5.74) is 21.0. The minimum atomic E-state index is -1.79. The molecule has 12 N–H and O–H groups in total. The molecule has 1 saturated heterocycles. The van der Waals surface area contributed by atoms with Gasteiger partial charge in [-0.05, 0) is 19.4 Å². The number of rotatable bonds is 12. The summed E-state index contributed by atoms with van der Waals surface area (Å²) in [6.07, 6.45) is 3.16. The lowest BCUT2D eigenvalue weighted by Crippen LogP contribution is -2.71. The third-order valence-corrected chi connectivity index (χ3v) is 8.68. The number of nitrogens with one attached hydrogen (secondary N) is 2. The molecule has 4 heterocycles. The molecule has 1 unspecified atom stereocenters. The summed E-state index contributed by atoms with van der Waals surface area (Å²) in [6.45, 7) is 2.40. The van der Waals surface area contributed by atoms with E-state index in [0.29, 0.717) is 5.57 Å². The molecule has 0 bridgehead atoms. The van der Waals surface area contributed by atoms with Gasteiger partial charge in [-0.1, -0.05) is 17.3 Å².